The fourth-order valence-electron chi connectivity index (χ4n) is 3.44. The van der Waals surface area contributed by atoms with Crippen LogP contribution < -0.4 is 0 Å². The molecule has 0 radical (unpaired) electrons. The number of allylic oxidation sites excluding steroid dienone is 5. The van der Waals surface area contributed by atoms with Crippen molar-refractivity contribution < 1.29 is 0 Å². The van der Waals surface area contributed by atoms with Crippen molar-refractivity contribution >= 4 is 5.57 Å². The lowest BCUT2D eigenvalue weighted by molar-refractivity contribution is 0.166. The van der Waals surface area contributed by atoms with E-state index in [9.17, 15) is 0 Å². The molecule has 1 aromatic carbocycles. The van der Waals surface area contributed by atoms with Gasteiger partial charge in [-0.1, -0.05) is 81.5 Å². The highest BCUT2D eigenvalue weighted by Gasteiger charge is 2.20. The Kier molecular flexibility index (Phi) is 8.17. The fourth-order valence-corrected chi connectivity index (χ4v) is 3.44. The molecular formula is C23H34N2. The maximum atomic E-state index is 2.57. The topological polar surface area (TPSA) is 6.48 Å². The zero-order chi connectivity index (χ0) is 18.1. The third kappa shape index (κ3) is 5.69. The standard InChI is InChI=1S/C21H28N2.C2H6/c1-18-8-6-7-11-20(18)21(19-9-4-3-5-10-19)12-13-23-16-14-22(2)15-17-23;1-2/h3-12,18,20H,13-17H2,1-2H3;1-2H3/b21-12+;. The minimum atomic E-state index is 0.481. The summed E-state index contributed by atoms with van der Waals surface area (Å²) >= 11 is 0. The van der Waals surface area contributed by atoms with Crippen LogP contribution in [0.4, 0.5) is 0 Å². The molecule has 0 N–H and O–H groups in total. The van der Waals surface area contributed by atoms with Crippen molar-refractivity contribution in [3.05, 3.63) is 66.3 Å². The van der Waals surface area contributed by atoms with E-state index in [0.717, 1.165) is 6.54 Å². The van der Waals surface area contributed by atoms with E-state index in [-0.39, 0.29) is 0 Å². The quantitative estimate of drug-likeness (QED) is 0.783. The van der Waals surface area contributed by atoms with E-state index in [0.29, 0.717) is 11.8 Å². The SMILES string of the molecule is CC.CC1C=CC=CC1/C(=C/CN1CCN(C)CC1)c1ccccc1. The monoisotopic (exact) mass is 338 g/mol. The Balaban J connectivity index is 0.00000109. The van der Waals surface area contributed by atoms with Gasteiger partial charge in [-0.15, -0.1) is 0 Å². The second-order valence-electron chi connectivity index (χ2n) is 6.78. The molecule has 1 aliphatic carbocycles. The summed E-state index contributed by atoms with van der Waals surface area (Å²) in [5.74, 6) is 1.04. The first-order valence-corrected chi connectivity index (χ1v) is 9.75. The summed E-state index contributed by atoms with van der Waals surface area (Å²) in [7, 11) is 2.21. The van der Waals surface area contributed by atoms with Gasteiger partial charge >= 0.3 is 0 Å². The average molecular weight is 339 g/mol. The highest BCUT2D eigenvalue weighted by Crippen LogP contribution is 2.33. The van der Waals surface area contributed by atoms with E-state index in [1.807, 2.05) is 13.8 Å². The molecule has 0 saturated carbocycles. The molecule has 0 aromatic heterocycles. The van der Waals surface area contributed by atoms with Crippen LogP contribution >= 0.6 is 0 Å². The third-order valence-electron chi connectivity index (χ3n) is 5.04. The minimum Gasteiger partial charge on any atom is -0.304 e. The molecule has 1 heterocycles. The van der Waals surface area contributed by atoms with Gasteiger partial charge in [0.2, 0.25) is 0 Å². The summed E-state index contributed by atoms with van der Waals surface area (Å²) < 4.78 is 0. The number of likely N-dealkylation sites (N-methyl/N-ethyl adjacent to an activating group) is 1. The normalized spacial score (nSPS) is 24.7. The van der Waals surface area contributed by atoms with Gasteiger partial charge in [-0.25, -0.2) is 0 Å². The van der Waals surface area contributed by atoms with Crippen molar-refractivity contribution in [2.75, 3.05) is 39.8 Å². The van der Waals surface area contributed by atoms with Gasteiger partial charge in [0.1, 0.15) is 0 Å². The van der Waals surface area contributed by atoms with E-state index in [1.54, 1.807) is 0 Å². The molecule has 2 nitrogen and oxygen atoms in total. The largest absolute Gasteiger partial charge is 0.304 e. The molecule has 25 heavy (non-hydrogen) atoms. The molecule has 136 valence electrons. The van der Waals surface area contributed by atoms with Gasteiger partial charge in [-0.2, -0.15) is 0 Å². The van der Waals surface area contributed by atoms with Gasteiger partial charge < -0.3 is 4.90 Å². The first kappa shape index (κ1) is 19.7. The number of rotatable bonds is 4. The summed E-state index contributed by atoms with van der Waals surface area (Å²) in [5.41, 5.74) is 2.83. The molecule has 1 aliphatic heterocycles. The van der Waals surface area contributed by atoms with E-state index < -0.39 is 0 Å². The molecule has 3 rings (SSSR count). The fraction of sp³-hybridized carbons (Fsp3) is 0.478. The Morgan fingerprint density at radius 2 is 1.64 bits per heavy atom. The maximum Gasteiger partial charge on any atom is 0.0170 e. The Morgan fingerprint density at radius 3 is 2.28 bits per heavy atom. The van der Waals surface area contributed by atoms with E-state index in [2.05, 4.69) is 84.5 Å². The molecule has 2 atom stereocenters. The lowest BCUT2D eigenvalue weighted by Gasteiger charge is -2.32. The summed E-state index contributed by atoms with van der Waals surface area (Å²) in [5, 5.41) is 0. The van der Waals surface area contributed by atoms with Crippen molar-refractivity contribution in [2.45, 2.75) is 20.8 Å². The molecule has 2 heteroatoms. The van der Waals surface area contributed by atoms with Crippen LogP contribution in [0.2, 0.25) is 0 Å². The summed E-state index contributed by atoms with van der Waals surface area (Å²) in [4.78, 5) is 4.98. The molecule has 1 saturated heterocycles. The van der Waals surface area contributed by atoms with Crippen LogP contribution in [-0.4, -0.2) is 49.6 Å². The number of piperazine rings is 1. The molecule has 1 aromatic rings. The second-order valence-corrected chi connectivity index (χ2v) is 6.78. The Morgan fingerprint density at radius 1 is 1.00 bits per heavy atom. The van der Waals surface area contributed by atoms with Gasteiger partial charge in [0.25, 0.3) is 0 Å². The van der Waals surface area contributed by atoms with E-state index in [1.165, 1.54) is 37.3 Å². The van der Waals surface area contributed by atoms with Gasteiger partial charge in [-0.05, 0) is 24.1 Å². The molecule has 0 spiro atoms. The lowest BCUT2D eigenvalue weighted by atomic mass is 9.80. The van der Waals surface area contributed by atoms with Crippen molar-refractivity contribution in [2.24, 2.45) is 11.8 Å². The smallest absolute Gasteiger partial charge is 0.0170 e. The number of hydrogen-bond acceptors (Lipinski definition) is 2. The van der Waals surface area contributed by atoms with Crippen LogP contribution in [0.5, 0.6) is 0 Å². The Labute approximate surface area is 154 Å². The molecule has 1 fully saturated rings. The summed E-state index contributed by atoms with van der Waals surface area (Å²) in [6.07, 6.45) is 11.5. The van der Waals surface area contributed by atoms with Crippen LogP contribution in [0.25, 0.3) is 5.57 Å². The predicted molar refractivity (Wildman–Crippen MR) is 111 cm³/mol. The average Bonchev–Trinajstić information content (AvgIpc) is 2.67. The number of hydrogen-bond donors (Lipinski definition) is 0. The first-order valence-electron chi connectivity index (χ1n) is 9.75. The highest BCUT2D eigenvalue weighted by molar-refractivity contribution is 5.70. The first-order chi connectivity index (χ1) is 12.2. The van der Waals surface area contributed by atoms with Crippen molar-refractivity contribution in [1.82, 2.24) is 9.80 Å². The summed E-state index contributed by atoms with van der Waals surface area (Å²) in [6, 6.07) is 10.9. The van der Waals surface area contributed by atoms with Crippen LogP contribution in [0, 0.1) is 11.8 Å². The predicted octanol–water partition coefficient (Wildman–Crippen LogP) is 4.72. The molecule has 2 aliphatic rings. The van der Waals surface area contributed by atoms with E-state index in [4.69, 9.17) is 0 Å². The van der Waals surface area contributed by atoms with Gasteiger partial charge in [0.05, 0.1) is 0 Å². The minimum absolute atomic E-state index is 0.481. The molecule has 0 amide bonds. The van der Waals surface area contributed by atoms with Crippen molar-refractivity contribution in [3.63, 3.8) is 0 Å². The Hall–Kier alpha value is -1.64. The summed E-state index contributed by atoms with van der Waals surface area (Å²) in [6.45, 7) is 12.1. The zero-order valence-corrected chi connectivity index (χ0v) is 16.4. The van der Waals surface area contributed by atoms with Crippen LogP contribution in [-0.2, 0) is 0 Å². The van der Waals surface area contributed by atoms with Gasteiger partial charge in [0.15, 0.2) is 0 Å². The molecule has 2 unspecified atom stereocenters. The molecule has 0 bridgehead atoms. The number of benzene rings is 1. The van der Waals surface area contributed by atoms with Crippen molar-refractivity contribution in [3.8, 4) is 0 Å². The van der Waals surface area contributed by atoms with Crippen LogP contribution in [0.15, 0.2) is 60.7 Å². The van der Waals surface area contributed by atoms with E-state index >= 15 is 0 Å². The third-order valence-corrected chi connectivity index (χ3v) is 5.04. The Bertz CT molecular complexity index is 577. The maximum absolute atomic E-state index is 2.57. The number of nitrogens with zero attached hydrogens (tertiary/aromatic N) is 2. The second kappa shape index (κ2) is 10.4. The van der Waals surface area contributed by atoms with Crippen molar-refractivity contribution in [1.29, 1.82) is 0 Å². The highest BCUT2D eigenvalue weighted by atomic mass is 15.2. The zero-order valence-electron chi connectivity index (χ0n) is 16.4. The lowest BCUT2D eigenvalue weighted by Crippen LogP contribution is -2.44. The van der Waals surface area contributed by atoms with Crippen LogP contribution in [0.3, 0.4) is 0 Å². The molecular weight excluding hydrogens is 304 g/mol. The van der Waals surface area contributed by atoms with Gasteiger partial charge in [-0.3, -0.25) is 4.90 Å². The van der Waals surface area contributed by atoms with Gasteiger partial charge in [0, 0.05) is 38.6 Å². The van der Waals surface area contributed by atoms with Crippen LogP contribution in [0.1, 0.15) is 26.3 Å².